The second kappa shape index (κ2) is 12.7. The van der Waals surface area contributed by atoms with Crippen molar-refractivity contribution < 1.29 is 9.47 Å². The van der Waals surface area contributed by atoms with Gasteiger partial charge in [0.15, 0.2) is 0 Å². The molecule has 0 aromatic heterocycles. The van der Waals surface area contributed by atoms with E-state index in [9.17, 15) is 0 Å². The molecule has 0 bridgehead atoms. The second-order valence-electron chi connectivity index (χ2n) is 10.9. The predicted molar refractivity (Wildman–Crippen MR) is 165 cm³/mol. The van der Waals surface area contributed by atoms with E-state index in [1.807, 2.05) is 12.1 Å². The summed E-state index contributed by atoms with van der Waals surface area (Å²) in [7, 11) is 0. The molecule has 5 rings (SSSR count). The second-order valence-corrected chi connectivity index (χ2v) is 10.9. The number of ether oxygens (including phenoxy) is 2. The summed E-state index contributed by atoms with van der Waals surface area (Å²) in [6.07, 6.45) is -0.445. The molecule has 2 unspecified atom stereocenters. The lowest BCUT2D eigenvalue weighted by Crippen LogP contribution is -2.12. The van der Waals surface area contributed by atoms with Gasteiger partial charge in [-0.05, 0) is 69.5 Å². The topological polar surface area (TPSA) is 18.5 Å². The summed E-state index contributed by atoms with van der Waals surface area (Å²) in [5.74, 6) is 2.69. The lowest BCUT2D eigenvalue weighted by Gasteiger charge is -2.23. The lowest BCUT2D eigenvalue weighted by molar-refractivity contribution is 0.243. The van der Waals surface area contributed by atoms with Crippen LogP contribution in [-0.4, -0.2) is 0 Å². The van der Waals surface area contributed by atoms with Crippen molar-refractivity contribution in [1.29, 1.82) is 0 Å². The average molecular weight is 527 g/mol. The molecule has 0 N–H and O–H groups in total. The van der Waals surface area contributed by atoms with Crippen molar-refractivity contribution in [1.82, 2.24) is 0 Å². The molecule has 0 spiro atoms. The zero-order chi connectivity index (χ0) is 27.9. The lowest BCUT2D eigenvalue weighted by atomic mass is 9.96. The van der Waals surface area contributed by atoms with Crippen LogP contribution < -0.4 is 9.47 Å². The highest BCUT2D eigenvalue weighted by Crippen LogP contribution is 2.33. The Bertz CT molecular complexity index is 1340. The molecule has 0 amide bonds. The third-order valence-electron chi connectivity index (χ3n) is 7.35. The van der Waals surface area contributed by atoms with E-state index in [1.54, 1.807) is 0 Å². The van der Waals surface area contributed by atoms with Crippen LogP contribution in [0.2, 0.25) is 0 Å². The predicted octanol–water partition coefficient (Wildman–Crippen LogP) is 10.3. The molecule has 5 aromatic rings. The van der Waals surface area contributed by atoms with Gasteiger partial charge in [-0.15, -0.1) is 0 Å². The summed E-state index contributed by atoms with van der Waals surface area (Å²) < 4.78 is 13.2. The first-order valence-corrected chi connectivity index (χ1v) is 14.2. The van der Waals surface area contributed by atoms with Crippen LogP contribution in [0.3, 0.4) is 0 Å². The van der Waals surface area contributed by atoms with E-state index in [0.717, 1.165) is 33.8 Å². The van der Waals surface area contributed by atoms with Gasteiger partial charge in [-0.2, -0.15) is 0 Å². The van der Waals surface area contributed by atoms with E-state index in [4.69, 9.17) is 9.47 Å². The van der Waals surface area contributed by atoms with Crippen LogP contribution in [0.15, 0.2) is 133 Å². The van der Waals surface area contributed by atoms with Crippen molar-refractivity contribution >= 4 is 0 Å². The van der Waals surface area contributed by atoms with Gasteiger partial charge in [-0.1, -0.05) is 137 Å². The first-order valence-electron chi connectivity index (χ1n) is 14.2. The maximum atomic E-state index is 6.60. The van der Waals surface area contributed by atoms with Crippen LogP contribution in [0.4, 0.5) is 0 Å². The van der Waals surface area contributed by atoms with Gasteiger partial charge in [0.1, 0.15) is 23.7 Å². The molecule has 0 aliphatic rings. The monoisotopic (exact) mass is 526 g/mol. The Morgan fingerprint density at radius 2 is 0.600 bits per heavy atom. The quantitative estimate of drug-likeness (QED) is 0.180. The average Bonchev–Trinajstić information content (AvgIpc) is 3.00. The highest BCUT2D eigenvalue weighted by atomic mass is 16.5. The molecule has 2 heteroatoms. The van der Waals surface area contributed by atoms with Crippen molar-refractivity contribution in [3.8, 4) is 11.5 Å². The smallest absolute Gasteiger partial charge is 0.149 e. The molecule has 40 heavy (non-hydrogen) atoms. The number of hydrogen-bond donors (Lipinski definition) is 0. The number of benzene rings is 5. The highest BCUT2D eigenvalue weighted by molar-refractivity contribution is 5.39. The van der Waals surface area contributed by atoms with Crippen LogP contribution in [0.1, 0.15) is 85.1 Å². The van der Waals surface area contributed by atoms with Crippen LogP contribution in [-0.2, 0) is 0 Å². The fraction of sp³-hybridized carbons (Fsp3) is 0.211. The highest BCUT2D eigenvalue weighted by Gasteiger charge is 2.20. The van der Waals surface area contributed by atoms with Crippen molar-refractivity contribution in [2.24, 2.45) is 0 Å². The van der Waals surface area contributed by atoms with Crippen LogP contribution in [0.25, 0.3) is 0 Å². The molecular formula is C38H38O2. The normalized spacial score (nSPS) is 12.8. The van der Waals surface area contributed by atoms with E-state index in [0.29, 0.717) is 11.8 Å². The van der Waals surface area contributed by atoms with Crippen LogP contribution >= 0.6 is 0 Å². The maximum absolute atomic E-state index is 6.60. The summed E-state index contributed by atoms with van der Waals surface area (Å²) in [5.41, 5.74) is 7.03. The van der Waals surface area contributed by atoms with E-state index in [1.165, 1.54) is 11.1 Å². The minimum atomic E-state index is -0.222. The summed E-state index contributed by atoms with van der Waals surface area (Å²) in [6.45, 7) is 8.82. The summed E-state index contributed by atoms with van der Waals surface area (Å²) >= 11 is 0. The largest absolute Gasteiger partial charge is 0.481 e. The first-order chi connectivity index (χ1) is 19.5. The molecule has 0 fully saturated rings. The van der Waals surface area contributed by atoms with E-state index < -0.39 is 0 Å². The van der Waals surface area contributed by atoms with E-state index >= 15 is 0 Å². The van der Waals surface area contributed by atoms with Gasteiger partial charge in [0.25, 0.3) is 0 Å². The van der Waals surface area contributed by atoms with E-state index in [2.05, 4.69) is 149 Å². The van der Waals surface area contributed by atoms with Gasteiger partial charge < -0.3 is 9.47 Å². The summed E-state index contributed by atoms with van der Waals surface area (Å²) in [6, 6.07) is 46.4. The number of rotatable bonds is 10. The third-order valence-corrected chi connectivity index (χ3v) is 7.35. The Labute approximate surface area is 239 Å². The Hall–Kier alpha value is -4.30. The SMILES string of the molecule is CC(C)c1ccc(OC(c2ccccc2)c2ccc(C(Oc3ccc(C(C)C)cc3)c3ccccc3)cc2)cc1. The molecule has 0 saturated carbocycles. The summed E-state index contributed by atoms with van der Waals surface area (Å²) in [5, 5.41) is 0. The third kappa shape index (κ3) is 6.63. The molecule has 2 nitrogen and oxygen atoms in total. The molecule has 0 aliphatic heterocycles. The molecule has 2 atom stereocenters. The molecule has 5 aromatic carbocycles. The Morgan fingerprint density at radius 3 is 0.900 bits per heavy atom. The minimum Gasteiger partial charge on any atom is -0.481 e. The zero-order valence-corrected chi connectivity index (χ0v) is 23.8. The molecule has 0 aliphatic carbocycles. The van der Waals surface area contributed by atoms with Crippen molar-refractivity contribution in [2.75, 3.05) is 0 Å². The van der Waals surface area contributed by atoms with Crippen molar-refractivity contribution in [3.63, 3.8) is 0 Å². The van der Waals surface area contributed by atoms with Gasteiger partial charge in [-0.3, -0.25) is 0 Å². The Balaban J connectivity index is 1.44. The Kier molecular flexibility index (Phi) is 8.66. The van der Waals surface area contributed by atoms with Gasteiger partial charge >= 0.3 is 0 Å². The minimum absolute atomic E-state index is 0.222. The first kappa shape index (κ1) is 27.3. The van der Waals surface area contributed by atoms with Gasteiger partial charge in [0.05, 0.1) is 0 Å². The van der Waals surface area contributed by atoms with Gasteiger partial charge in [-0.25, -0.2) is 0 Å². The Morgan fingerprint density at radius 1 is 0.325 bits per heavy atom. The fourth-order valence-corrected chi connectivity index (χ4v) is 4.89. The maximum Gasteiger partial charge on any atom is 0.149 e. The van der Waals surface area contributed by atoms with E-state index in [-0.39, 0.29) is 12.2 Å². The van der Waals surface area contributed by atoms with Crippen molar-refractivity contribution in [3.05, 3.63) is 167 Å². The molecule has 0 radical (unpaired) electrons. The molecule has 0 saturated heterocycles. The number of hydrogen-bond acceptors (Lipinski definition) is 2. The summed E-state index contributed by atoms with van der Waals surface area (Å²) in [4.78, 5) is 0. The van der Waals surface area contributed by atoms with Crippen molar-refractivity contribution in [2.45, 2.75) is 51.7 Å². The zero-order valence-electron chi connectivity index (χ0n) is 23.8. The van der Waals surface area contributed by atoms with Crippen LogP contribution in [0, 0.1) is 0 Å². The van der Waals surface area contributed by atoms with Crippen LogP contribution in [0.5, 0.6) is 11.5 Å². The molecular weight excluding hydrogens is 488 g/mol. The molecule has 0 heterocycles. The fourth-order valence-electron chi connectivity index (χ4n) is 4.89. The van der Waals surface area contributed by atoms with Gasteiger partial charge in [0, 0.05) is 0 Å². The standard InChI is InChI=1S/C38H38O2/c1-27(2)29-19-23-35(24-20-29)39-37(31-11-7-5-8-12-31)33-15-17-34(18-16-33)38(32-13-9-6-10-14-32)40-36-25-21-30(22-26-36)28(3)4/h5-28,37-38H,1-4H3. The molecule has 202 valence electrons. The van der Waals surface area contributed by atoms with Gasteiger partial charge in [0.2, 0.25) is 0 Å².